The number of benzene rings is 2. The number of aliphatic hydroxyl groups excluding tert-OH is 1. The van der Waals surface area contributed by atoms with E-state index in [1.807, 2.05) is 48.5 Å². The molecule has 2 atom stereocenters. The summed E-state index contributed by atoms with van der Waals surface area (Å²) < 4.78 is 0. The maximum Gasteiger partial charge on any atom is 0.238 e. The first kappa shape index (κ1) is 19.6. The van der Waals surface area contributed by atoms with Crippen LogP contribution in [0.15, 0.2) is 48.5 Å². The second kappa shape index (κ2) is 7.98. The Hall–Kier alpha value is -2.68. The number of rotatable bonds is 5. The number of fused-ring (bicyclic) bond motifs is 2. The van der Waals surface area contributed by atoms with Crippen molar-refractivity contribution in [2.75, 3.05) is 18.5 Å². The van der Waals surface area contributed by atoms with Gasteiger partial charge in [0, 0.05) is 6.54 Å². The molecule has 5 heteroatoms. The number of nitrogens with zero attached hydrogens (tertiary/aromatic N) is 2. The molecule has 2 aromatic rings. The third kappa shape index (κ3) is 3.23. The molecule has 0 bridgehead atoms. The van der Waals surface area contributed by atoms with Crippen molar-refractivity contribution in [1.29, 1.82) is 5.26 Å². The van der Waals surface area contributed by atoms with E-state index in [4.69, 9.17) is 0 Å². The number of nitriles is 1. The Bertz CT molecular complexity index is 929. The van der Waals surface area contributed by atoms with Crippen LogP contribution in [-0.2, 0) is 10.2 Å². The first-order valence-electron chi connectivity index (χ1n) is 10.4. The van der Waals surface area contributed by atoms with Crippen LogP contribution in [0.5, 0.6) is 0 Å². The lowest BCUT2D eigenvalue weighted by Gasteiger charge is -2.36. The molecule has 5 nitrogen and oxygen atoms in total. The van der Waals surface area contributed by atoms with Crippen molar-refractivity contribution >= 4 is 11.6 Å². The summed E-state index contributed by atoms with van der Waals surface area (Å²) in [5.74, 6) is 0.0614. The van der Waals surface area contributed by atoms with Crippen molar-refractivity contribution in [3.63, 3.8) is 0 Å². The van der Waals surface area contributed by atoms with E-state index in [9.17, 15) is 15.2 Å². The van der Waals surface area contributed by atoms with Crippen LogP contribution in [0.25, 0.3) is 0 Å². The van der Waals surface area contributed by atoms with Gasteiger partial charge in [-0.3, -0.25) is 4.79 Å². The Kier molecular flexibility index (Phi) is 5.40. The Morgan fingerprint density at radius 3 is 2.55 bits per heavy atom. The summed E-state index contributed by atoms with van der Waals surface area (Å²) in [4.78, 5) is 15.8. The van der Waals surface area contributed by atoms with Gasteiger partial charge < -0.3 is 15.3 Å². The van der Waals surface area contributed by atoms with E-state index >= 15 is 0 Å². The highest BCUT2D eigenvalue weighted by molar-refractivity contribution is 6.09. The highest BCUT2D eigenvalue weighted by atomic mass is 16.3. The highest BCUT2D eigenvalue weighted by Crippen LogP contribution is 2.53. The first-order valence-corrected chi connectivity index (χ1v) is 10.4. The molecule has 2 N–H and O–H groups in total. The normalized spacial score (nSPS) is 19.6. The Morgan fingerprint density at radius 2 is 1.90 bits per heavy atom. The van der Waals surface area contributed by atoms with Crippen LogP contribution in [0.4, 0.5) is 5.69 Å². The molecule has 0 aromatic heterocycles. The minimum atomic E-state index is -0.774. The van der Waals surface area contributed by atoms with Crippen LogP contribution in [0.3, 0.4) is 0 Å². The number of anilines is 1. The SMILES string of the molecule is CNC[C@@H](O)[C@H](c1ccccc1)N1C(=O)C2(CCCCC2)c2ccc(C#N)cc21. The number of likely N-dealkylation sites (N-methyl/N-ethyl adjacent to an activating group) is 1. The smallest absolute Gasteiger partial charge is 0.238 e. The number of carbonyl (C=O) groups excluding carboxylic acids is 1. The average molecular weight is 389 g/mol. The van der Waals surface area contributed by atoms with Gasteiger partial charge in [0.15, 0.2) is 0 Å². The molecule has 0 unspecified atom stereocenters. The van der Waals surface area contributed by atoms with Crippen molar-refractivity contribution < 1.29 is 9.90 Å². The number of carbonyl (C=O) groups is 1. The molecule has 1 spiro atoms. The summed E-state index contributed by atoms with van der Waals surface area (Å²) in [6.45, 7) is 0.365. The maximum absolute atomic E-state index is 14.0. The summed E-state index contributed by atoms with van der Waals surface area (Å²) in [7, 11) is 1.79. The molecule has 4 rings (SSSR count). The molecule has 1 aliphatic heterocycles. The molecule has 1 fully saturated rings. The van der Waals surface area contributed by atoms with Gasteiger partial charge >= 0.3 is 0 Å². The van der Waals surface area contributed by atoms with Gasteiger partial charge in [-0.25, -0.2) is 0 Å². The Labute approximate surface area is 172 Å². The molecule has 2 aromatic carbocycles. The number of amides is 1. The van der Waals surface area contributed by atoms with Gasteiger partial charge in [0.05, 0.1) is 34.9 Å². The minimum absolute atomic E-state index is 0.0614. The lowest BCUT2D eigenvalue weighted by Crippen LogP contribution is -2.47. The molecule has 2 aliphatic rings. The molecule has 1 amide bonds. The van der Waals surface area contributed by atoms with Crippen molar-refractivity contribution in [3.05, 3.63) is 65.2 Å². The molecule has 1 aliphatic carbocycles. The summed E-state index contributed by atoms with van der Waals surface area (Å²) in [5.41, 5.74) is 2.68. The minimum Gasteiger partial charge on any atom is -0.389 e. The predicted molar refractivity (Wildman–Crippen MR) is 113 cm³/mol. The fourth-order valence-electron chi connectivity index (χ4n) is 5.09. The third-order valence-corrected chi connectivity index (χ3v) is 6.43. The van der Waals surface area contributed by atoms with Gasteiger partial charge in [0.2, 0.25) is 5.91 Å². The fourth-order valence-corrected chi connectivity index (χ4v) is 5.09. The van der Waals surface area contributed by atoms with E-state index in [-0.39, 0.29) is 5.91 Å². The van der Waals surface area contributed by atoms with Crippen molar-refractivity contribution in [2.24, 2.45) is 0 Å². The van der Waals surface area contributed by atoms with Crippen molar-refractivity contribution in [1.82, 2.24) is 5.32 Å². The zero-order chi connectivity index (χ0) is 20.4. The monoisotopic (exact) mass is 389 g/mol. The highest BCUT2D eigenvalue weighted by Gasteiger charge is 2.53. The van der Waals surface area contributed by atoms with E-state index in [0.717, 1.165) is 48.9 Å². The molecule has 0 radical (unpaired) electrons. The summed E-state index contributed by atoms with van der Waals surface area (Å²) >= 11 is 0. The van der Waals surface area contributed by atoms with Gasteiger partial charge in [0.1, 0.15) is 0 Å². The zero-order valence-electron chi connectivity index (χ0n) is 16.8. The van der Waals surface area contributed by atoms with E-state index in [1.54, 1.807) is 11.9 Å². The zero-order valence-corrected chi connectivity index (χ0v) is 16.8. The maximum atomic E-state index is 14.0. The molecular weight excluding hydrogens is 362 g/mol. The number of nitrogens with one attached hydrogen (secondary N) is 1. The molecule has 0 saturated heterocycles. The largest absolute Gasteiger partial charge is 0.389 e. The second-order valence-electron chi connectivity index (χ2n) is 8.14. The average Bonchev–Trinajstić information content (AvgIpc) is 2.98. The van der Waals surface area contributed by atoms with E-state index in [0.29, 0.717) is 12.1 Å². The van der Waals surface area contributed by atoms with Gasteiger partial charge in [-0.05, 0) is 43.1 Å². The lowest BCUT2D eigenvalue weighted by atomic mass is 9.70. The fraction of sp³-hybridized carbons (Fsp3) is 0.417. The van der Waals surface area contributed by atoms with Crippen LogP contribution in [0.1, 0.15) is 54.8 Å². The molecular formula is C24H27N3O2. The lowest BCUT2D eigenvalue weighted by molar-refractivity contribution is -0.125. The Morgan fingerprint density at radius 1 is 1.17 bits per heavy atom. The van der Waals surface area contributed by atoms with Gasteiger partial charge in [-0.1, -0.05) is 55.7 Å². The quantitative estimate of drug-likeness (QED) is 0.821. The van der Waals surface area contributed by atoms with Gasteiger partial charge in [-0.2, -0.15) is 5.26 Å². The van der Waals surface area contributed by atoms with Crippen LogP contribution >= 0.6 is 0 Å². The van der Waals surface area contributed by atoms with Crippen LogP contribution in [0, 0.1) is 11.3 Å². The number of aliphatic hydroxyl groups is 1. The van der Waals surface area contributed by atoms with E-state index in [1.165, 1.54) is 0 Å². The van der Waals surface area contributed by atoms with E-state index < -0.39 is 17.6 Å². The molecule has 1 saturated carbocycles. The third-order valence-electron chi connectivity index (χ3n) is 6.43. The molecule has 1 heterocycles. The van der Waals surface area contributed by atoms with Crippen molar-refractivity contribution in [2.45, 2.75) is 49.7 Å². The summed E-state index contributed by atoms with van der Waals surface area (Å²) in [5, 5.41) is 23.6. The predicted octanol–water partition coefficient (Wildman–Crippen LogP) is 3.43. The van der Waals surface area contributed by atoms with Gasteiger partial charge in [-0.15, -0.1) is 0 Å². The van der Waals surface area contributed by atoms with Crippen LogP contribution in [-0.4, -0.2) is 30.7 Å². The van der Waals surface area contributed by atoms with Crippen LogP contribution in [0.2, 0.25) is 0 Å². The standard InChI is InChI=1S/C24H27N3O2/c1-26-16-21(28)22(18-8-4-2-5-9-18)27-20-14-17(15-25)10-11-19(20)24(23(27)29)12-6-3-7-13-24/h2,4-5,8-11,14,21-22,26,28H,3,6-7,12-13,16H2,1H3/t21-,22+/m1/s1. The number of hydrogen-bond acceptors (Lipinski definition) is 4. The molecule has 29 heavy (non-hydrogen) atoms. The summed E-state index contributed by atoms with van der Waals surface area (Å²) in [6.07, 6.45) is 4.06. The van der Waals surface area contributed by atoms with E-state index in [2.05, 4.69) is 11.4 Å². The van der Waals surface area contributed by atoms with Crippen molar-refractivity contribution in [3.8, 4) is 6.07 Å². The molecule has 150 valence electrons. The van der Waals surface area contributed by atoms with Gasteiger partial charge in [0.25, 0.3) is 0 Å². The Balaban J connectivity index is 1.89. The summed E-state index contributed by atoms with van der Waals surface area (Å²) in [6, 6.07) is 17.0. The second-order valence-corrected chi connectivity index (χ2v) is 8.14. The van der Waals surface area contributed by atoms with Crippen LogP contribution < -0.4 is 10.2 Å². The topological polar surface area (TPSA) is 76.4 Å². The number of hydrogen-bond donors (Lipinski definition) is 2. The first-order chi connectivity index (χ1) is 14.1.